The summed E-state index contributed by atoms with van der Waals surface area (Å²) in [5.41, 5.74) is 1.36. The van der Waals surface area contributed by atoms with E-state index in [1.54, 1.807) is 44.6 Å². The van der Waals surface area contributed by atoms with Gasteiger partial charge in [0.15, 0.2) is 11.5 Å². The third-order valence-corrected chi connectivity index (χ3v) is 4.50. The Bertz CT molecular complexity index is 840. The zero-order chi connectivity index (χ0) is 21.2. The lowest BCUT2D eigenvalue weighted by Crippen LogP contribution is -2.34. The van der Waals surface area contributed by atoms with Crippen molar-refractivity contribution in [3.63, 3.8) is 0 Å². The number of hydrogen-bond acceptors (Lipinski definition) is 5. The molecule has 156 valence electrons. The first kappa shape index (κ1) is 22.4. The Labute approximate surface area is 175 Å². The molecule has 8 heteroatoms. The van der Waals surface area contributed by atoms with Crippen LogP contribution in [0.3, 0.4) is 0 Å². The van der Waals surface area contributed by atoms with Crippen LogP contribution in [-0.2, 0) is 11.2 Å². The second-order valence-corrected chi connectivity index (χ2v) is 6.54. The maximum atomic E-state index is 12.1. The van der Waals surface area contributed by atoms with Crippen LogP contribution in [0.1, 0.15) is 22.3 Å². The number of benzene rings is 2. The Hall–Kier alpha value is -2.93. The molecule has 0 aliphatic heterocycles. The summed E-state index contributed by atoms with van der Waals surface area (Å²) in [6, 6.07) is 10.2. The van der Waals surface area contributed by atoms with Crippen molar-refractivity contribution in [3.05, 3.63) is 52.5 Å². The predicted molar refractivity (Wildman–Crippen MR) is 111 cm³/mol. The van der Waals surface area contributed by atoms with Gasteiger partial charge in [0, 0.05) is 30.1 Å². The zero-order valence-corrected chi connectivity index (χ0v) is 17.5. The van der Waals surface area contributed by atoms with Crippen LogP contribution in [0.4, 0.5) is 0 Å². The summed E-state index contributed by atoms with van der Waals surface area (Å²) in [5.74, 6) is 1.27. The summed E-state index contributed by atoms with van der Waals surface area (Å²) in [7, 11) is 4.63. The molecule has 0 bridgehead atoms. The smallest absolute Gasteiger partial charge is 0.251 e. The topological polar surface area (TPSA) is 85.9 Å². The highest BCUT2D eigenvalue weighted by Gasteiger charge is 2.16. The van der Waals surface area contributed by atoms with Crippen molar-refractivity contribution in [1.29, 1.82) is 0 Å². The third kappa shape index (κ3) is 6.29. The Balaban J connectivity index is 1.79. The molecule has 0 saturated carbocycles. The summed E-state index contributed by atoms with van der Waals surface area (Å²) >= 11 is 5.80. The second-order valence-electron chi connectivity index (χ2n) is 6.11. The number of aryl methyl sites for hydroxylation is 1. The number of methoxy groups -OCH3 is 3. The van der Waals surface area contributed by atoms with Crippen LogP contribution < -0.4 is 24.8 Å². The molecule has 0 saturated heterocycles. The summed E-state index contributed by atoms with van der Waals surface area (Å²) in [6.07, 6.45) is 0.753. The van der Waals surface area contributed by atoms with Crippen LogP contribution >= 0.6 is 11.6 Å². The Kier molecular flexibility index (Phi) is 8.61. The highest BCUT2D eigenvalue weighted by molar-refractivity contribution is 6.30. The zero-order valence-electron chi connectivity index (χ0n) is 16.7. The molecule has 0 fully saturated rings. The van der Waals surface area contributed by atoms with Gasteiger partial charge in [-0.1, -0.05) is 17.7 Å². The SMILES string of the molecule is COc1ccc(CCC(=O)NCCNC(=O)c2ccc(Cl)cc2)c(OC)c1OC. The molecule has 0 atom stereocenters. The molecule has 2 N–H and O–H groups in total. The van der Waals surface area contributed by atoms with E-state index in [2.05, 4.69) is 10.6 Å². The molecule has 7 nitrogen and oxygen atoms in total. The highest BCUT2D eigenvalue weighted by Crippen LogP contribution is 2.40. The van der Waals surface area contributed by atoms with Crippen molar-refractivity contribution >= 4 is 23.4 Å². The van der Waals surface area contributed by atoms with Crippen molar-refractivity contribution < 1.29 is 23.8 Å². The fourth-order valence-electron chi connectivity index (χ4n) is 2.78. The molecule has 2 aromatic carbocycles. The summed E-state index contributed by atoms with van der Waals surface area (Å²) < 4.78 is 16.0. The summed E-state index contributed by atoms with van der Waals surface area (Å²) in [5, 5.41) is 6.10. The molecule has 0 aromatic heterocycles. The Morgan fingerprint density at radius 3 is 2.14 bits per heavy atom. The van der Waals surface area contributed by atoms with Gasteiger partial charge in [0.1, 0.15) is 0 Å². The van der Waals surface area contributed by atoms with Crippen molar-refractivity contribution in [3.8, 4) is 17.2 Å². The van der Waals surface area contributed by atoms with Crippen LogP contribution in [-0.4, -0.2) is 46.2 Å². The van der Waals surface area contributed by atoms with Gasteiger partial charge in [0.2, 0.25) is 11.7 Å². The second kappa shape index (κ2) is 11.2. The van der Waals surface area contributed by atoms with E-state index in [9.17, 15) is 9.59 Å². The van der Waals surface area contributed by atoms with Gasteiger partial charge in [-0.3, -0.25) is 9.59 Å². The van der Waals surface area contributed by atoms with Crippen molar-refractivity contribution in [2.24, 2.45) is 0 Å². The summed E-state index contributed by atoms with van der Waals surface area (Å²) in [6.45, 7) is 0.661. The minimum absolute atomic E-state index is 0.123. The number of halogens is 1. The van der Waals surface area contributed by atoms with E-state index in [0.29, 0.717) is 47.3 Å². The van der Waals surface area contributed by atoms with Gasteiger partial charge >= 0.3 is 0 Å². The lowest BCUT2D eigenvalue weighted by atomic mass is 10.1. The lowest BCUT2D eigenvalue weighted by molar-refractivity contribution is -0.121. The number of carbonyl (C=O) groups is 2. The molecule has 0 heterocycles. The quantitative estimate of drug-likeness (QED) is 0.577. The van der Waals surface area contributed by atoms with Crippen LogP contribution in [0.15, 0.2) is 36.4 Å². The van der Waals surface area contributed by atoms with Crippen molar-refractivity contribution in [2.75, 3.05) is 34.4 Å². The highest BCUT2D eigenvalue weighted by atomic mass is 35.5. The van der Waals surface area contributed by atoms with Crippen LogP contribution in [0.2, 0.25) is 5.02 Å². The molecular weight excluding hydrogens is 396 g/mol. The molecule has 0 spiro atoms. The first-order valence-corrected chi connectivity index (χ1v) is 9.46. The third-order valence-electron chi connectivity index (χ3n) is 4.25. The minimum atomic E-state index is -0.217. The van der Waals surface area contributed by atoms with Crippen LogP contribution in [0, 0.1) is 0 Å². The van der Waals surface area contributed by atoms with Gasteiger partial charge in [-0.15, -0.1) is 0 Å². The van der Waals surface area contributed by atoms with Gasteiger partial charge in [-0.05, 0) is 42.3 Å². The number of amides is 2. The summed E-state index contributed by atoms with van der Waals surface area (Å²) in [4.78, 5) is 24.1. The Morgan fingerprint density at radius 2 is 1.52 bits per heavy atom. The average Bonchev–Trinajstić information content (AvgIpc) is 2.74. The predicted octanol–water partition coefficient (Wildman–Crippen LogP) is 2.84. The molecule has 0 aliphatic rings. The monoisotopic (exact) mass is 420 g/mol. The van der Waals surface area contributed by atoms with E-state index < -0.39 is 0 Å². The molecule has 2 amide bonds. The van der Waals surface area contributed by atoms with Crippen LogP contribution in [0.5, 0.6) is 17.2 Å². The first-order valence-electron chi connectivity index (χ1n) is 9.08. The van der Waals surface area contributed by atoms with E-state index in [1.807, 2.05) is 6.07 Å². The standard InChI is InChI=1S/C21H25ClN2O5/c1-27-17-10-6-14(19(28-2)20(17)29-3)7-11-18(25)23-12-13-24-21(26)15-4-8-16(22)9-5-15/h4-6,8-10H,7,11-13H2,1-3H3,(H,23,25)(H,24,26). The maximum Gasteiger partial charge on any atom is 0.251 e. The number of ether oxygens (including phenoxy) is 3. The van der Waals surface area contributed by atoms with Crippen LogP contribution in [0.25, 0.3) is 0 Å². The van der Waals surface area contributed by atoms with E-state index in [1.165, 1.54) is 7.11 Å². The molecular formula is C21H25ClN2O5. The largest absolute Gasteiger partial charge is 0.493 e. The number of rotatable bonds is 10. The maximum absolute atomic E-state index is 12.1. The van der Waals surface area contributed by atoms with E-state index >= 15 is 0 Å². The normalized spacial score (nSPS) is 10.2. The molecule has 0 unspecified atom stereocenters. The fraction of sp³-hybridized carbons (Fsp3) is 0.333. The van der Waals surface area contributed by atoms with Crippen molar-refractivity contribution in [2.45, 2.75) is 12.8 Å². The number of hydrogen-bond donors (Lipinski definition) is 2. The van der Waals surface area contributed by atoms with Gasteiger partial charge in [0.25, 0.3) is 5.91 Å². The molecule has 0 radical (unpaired) electrons. The van der Waals surface area contributed by atoms with E-state index in [-0.39, 0.29) is 18.2 Å². The molecule has 0 aliphatic carbocycles. The number of nitrogens with one attached hydrogen (secondary N) is 2. The lowest BCUT2D eigenvalue weighted by Gasteiger charge is -2.15. The Morgan fingerprint density at radius 1 is 0.862 bits per heavy atom. The van der Waals surface area contributed by atoms with E-state index in [0.717, 1.165) is 5.56 Å². The van der Waals surface area contributed by atoms with E-state index in [4.69, 9.17) is 25.8 Å². The molecule has 29 heavy (non-hydrogen) atoms. The van der Waals surface area contributed by atoms with Crippen molar-refractivity contribution in [1.82, 2.24) is 10.6 Å². The first-order chi connectivity index (χ1) is 14.0. The minimum Gasteiger partial charge on any atom is -0.493 e. The average molecular weight is 421 g/mol. The molecule has 2 aromatic rings. The van der Waals surface area contributed by atoms with Gasteiger partial charge in [-0.25, -0.2) is 0 Å². The molecule has 2 rings (SSSR count). The van der Waals surface area contributed by atoms with Gasteiger partial charge in [-0.2, -0.15) is 0 Å². The van der Waals surface area contributed by atoms with Gasteiger partial charge < -0.3 is 24.8 Å². The number of carbonyl (C=O) groups excluding carboxylic acids is 2. The van der Waals surface area contributed by atoms with Gasteiger partial charge in [0.05, 0.1) is 21.3 Å². The fourth-order valence-corrected chi connectivity index (χ4v) is 2.90.